The van der Waals surface area contributed by atoms with Crippen molar-refractivity contribution in [2.75, 3.05) is 7.11 Å². The van der Waals surface area contributed by atoms with E-state index in [4.69, 9.17) is 9.47 Å². The highest BCUT2D eigenvalue weighted by Gasteiger charge is 2.23. The number of nitrogens with zero attached hydrogens (tertiary/aromatic N) is 2. The number of carbonyl (C=O) groups is 3. The van der Waals surface area contributed by atoms with Crippen LogP contribution >= 0.6 is 0 Å². The number of carbonyl (C=O) groups excluding carboxylic acids is 3. The summed E-state index contributed by atoms with van der Waals surface area (Å²) in [5.41, 5.74) is 1.04. The van der Waals surface area contributed by atoms with Crippen LogP contribution in [-0.2, 0) is 4.74 Å². The van der Waals surface area contributed by atoms with Crippen LogP contribution in [-0.4, -0.2) is 34.7 Å². The van der Waals surface area contributed by atoms with Crippen molar-refractivity contribution in [1.82, 2.24) is 9.78 Å². The monoisotopic (exact) mass is 400 g/mol. The minimum Gasteiger partial charge on any atom is -0.465 e. The predicted molar refractivity (Wildman–Crippen MR) is 109 cm³/mol. The van der Waals surface area contributed by atoms with Gasteiger partial charge >= 0.3 is 11.9 Å². The molecule has 3 aromatic carbocycles. The first-order chi connectivity index (χ1) is 14.6. The van der Waals surface area contributed by atoms with Gasteiger partial charge in [-0.15, -0.1) is 5.10 Å². The topological polar surface area (TPSA) is 87.5 Å². The molecule has 0 spiro atoms. The molecule has 0 aliphatic rings. The van der Waals surface area contributed by atoms with Crippen molar-refractivity contribution in [3.8, 4) is 5.88 Å². The van der Waals surface area contributed by atoms with Crippen molar-refractivity contribution in [3.05, 3.63) is 95.6 Å². The lowest BCUT2D eigenvalue weighted by molar-refractivity contribution is 0.0596. The summed E-state index contributed by atoms with van der Waals surface area (Å²) in [4.78, 5) is 37.8. The van der Waals surface area contributed by atoms with Crippen molar-refractivity contribution in [3.63, 3.8) is 0 Å². The molecule has 0 atom stereocenters. The van der Waals surface area contributed by atoms with Gasteiger partial charge in [0.15, 0.2) is 0 Å². The molecule has 1 heterocycles. The molecular weight excluding hydrogens is 384 g/mol. The predicted octanol–water partition coefficient (Wildman–Crippen LogP) is 3.73. The van der Waals surface area contributed by atoms with Gasteiger partial charge in [-0.3, -0.25) is 4.79 Å². The third-order valence-corrected chi connectivity index (χ3v) is 4.51. The van der Waals surface area contributed by atoms with Crippen molar-refractivity contribution in [1.29, 1.82) is 0 Å². The van der Waals surface area contributed by atoms with Gasteiger partial charge in [-0.1, -0.05) is 42.5 Å². The molecule has 0 aliphatic carbocycles. The molecule has 4 aromatic rings. The number of esters is 2. The van der Waals surface area contributed by atoms with Gasteiger partial charge in [-0.05, 0) is 36.4 Å². The maximum atomic E-state index is 13.2. The number of aromatic nitrogens is 2. The van der Waals surface area contributed by atoms with E-state index in [1.165, 1.54) is 19.2 Å². The molecular formula is C23H16N2O5. The zero-order valence-electron chi connectivity index (χ0n) is 15.9. The average Bonchev–Trinajstić information content (AvgIpc) is 3.17. The second-order valence-corrected chi connectivity index (χ2v) is 6.33. The highest BCUT2D eigenvalue weighted by Crippen LogP contribution is 2.27. The van der Waals surface area contributed by atoms with Gasteiger partial charge in [0.25, 0.3) is 5.91 Å². The van der Waals surface area contributed by atoms with Gasteiger partial charge in [0.1, 0.15) is 0 Å². The summed E-state index contributed by atoms with van der Waals surface area (Å²) < 4.78 is 11.3. The first kappa shape index (κ1) is 19.1. The van der Waals surface area contributed by atoms with E-state index in [1.54, 1.807) is 66.7 Å². The van der Waals surface area contributed by atoms with E-state index in [0.29, 0.717) is 16.5 Å². The van der Waals surface area contributed by atoms with Crippen LogP contribution in [0.25, 0.3) is 10.9 Å². The summed E-state index contributed by atoms with van der Waals surface area (Å²) in [5.74, 6) is -1.77. The Bertz CT molecular complexity index is 1260. The molecule has 0 bridgehead atoms. The first-order valence-corrected chi connectivity index (χ1v) is 9.07. The van der Waals surface area contributed by atoms with Gasteiger partial charge in [0.2, 0.25) is 5.88 Å². The summed E-state index contributed by atoms with van der Waals surface area (Å²) in [5, 5.41) is 4.72. The van der Waals surface area contributed by atoms with Crippen molar-refractivity contribution in [2.45, 2.75) is 0 Å². The van der Waals surface area contributed by atoms with Gasteiger partial charge in [0, 0.05) is 0 Å². The van der Waals surface area contributed by atoms with E-state index in [2.05, 4.69) is 5.10 Å². The lowest BCUT2D eigenvalue weighted by Gasteiger charge is -2.07. The first-order valence-electron chi connectivity index (χ1n) is 9.07. The smallest absolute Gasteiger partial charge is 0.344 e. The Morgan fingerprint density at radius 2 is 1.40 bits per heavy atom. The van der Waals surface area contributed by atoms with E-state index in [9.17, 15) is 14.4 Å². The SMILES string of the molecule is COC(=O)c1ccccc1C(=O)n1nc(OC(=O)c2ccccc2)c2ccccc21. The number of rotatable bonds is 4. The van der Waals surface area contributed by atoms with Gasteiger partial charge in [0.05, 0.1) is 34.7 Å². The standard InChI is InChI=1S/C23H16N2O5/c1-29-23(28)17-12-6-5-11-16(17)21(26)25-19-14-8-7-13-18(19)20(24-25)30-22(27)15-9-3-2-4-10-15/h2-14H,1H3. The van der Waals surface area contributed by atoms with Gasteiger partial charge in [-0.25, -0.2) is 9.59 Å². The van der Waals surface area contributed by atoms with Crippen LogP contribution in [0.5, 0.6) is 5.88 Å². The fourth-order valence-corrected chi connectivity index (χ4v) is 3.06. The van der Waals surface area contributed by atoms with Crippen LogP contribution in [0.2, 0.25) is 0 Å². The minimum absolute atomic E-state index is 0.00310. The summed E-state index contributed by atoms with van der Waals surface area (Å²) >= 11 is 0. The second-order valence-electron chi connectivity index (χ2n) is 6.33. The average molecular weight is 400 g/mol. The van der Waals surface area contributed by atoms with E-state index < -0.39 is 17.8 Å². The Hall–Kier alpha value is -4.26. The normalized spacial score (nSPS) is 10.6. The maximum absolute atomic E-state index is 13.2. The Balaban J connectivity index is 1.77. The van der Waals surface area contributed by atoms with Crippen LogP contribution in [0.1, 0.15) is 31.1 Å². The third-order valence-electron chi connectivity index (χ3n) is 4.51. The van der Waals surface area contributed by atoms with Crippen LogP contribution in [0.15, 0.2) is 78.9 Å². The Kier molecular flexibility index (Phi) is 5.09. The molecule has 7 heteroatoms. The third kappa shape index (κ3) is 3.44. The highest BCUT2D eigenvalue weighted by atomic mass is 16.5. The number of hydrogen-bond acceptors (Lipinski definition) is 6. The maximum Gasteiger partial charge on any atom is 0.344 e. The number of fused-ring (bicyclic) bond motifs is 1. The molecule has 0 amide bonds. The molecule has 0 saturated carbocycles. The van der Waals surface area contributed by atoms with Crippen LogP contribution in [0, 0.1) is 0 Å². The fourth-order valence-electron chi connectivity index (χ4n) is 3.06. The number of para-hydroxylation sites is 1. The minimum atomic E-state index is -0.633. The fraction of sp³-hybridized carbons (Fsp3) is 0.0435. The van der Waals surface area contributed by atoms with Gasteiger partial charge in [-0.2, -0.15) is 4.68 Å². The van der Waals surface area contributed by atoms with E-state index in [1.807, 2.05) is 0 Å². The summed E-state index contributed by atoms with van der Waals surface area (Å²) in [6.07, 6.45) is 0. The number of hydrogen-bond donors (Lipinski definition) is 0. The molecule has 1 aromatic heterocycles. The van der Waals surface area contributed by atoms with Crippen molar-refractivity contribution >= 4 is 28.7 Å². The van der Waals surface area contributed by atoms with Crippen LogP contribution in [0.3, 0.4) is 0 Å². The summed E-state index contributed by atoms with van der Waals surface area (Å²) in [6, 6.07) is 21.6. The molecule has 0 radical (unpaired) electrons. The Morgan fingerprint density at radius 3 is 2.13 bits per heavy atom. The Labute approximate surface area is 171 Å². The zero-order valence-corrected chi connectivity index (χ0v) is 15.9. The van der Waals surface area contributed by atoms with E-state index in [0.717, 1.165) is 4.68 Å². The summed E-state index contributed by atoms with van der Waals surface area (Å²) in [6.45, 7) is 0. The van der Waals surface area contributed by atoms with Gasteiger partial charge < -0.3 is 9.47 Å². The van der Waals surface area contributed by atoms with Crippen LogP contribution in [0.4, 0.5) is 0 Å². The van der Waals surface area contributed by atoms with Crippen LogP contribution < -0.4 is 4.74 Å². The molecule has 0 fully saturated rings. The second kappa shape index (κ2) is 8.00. The molecule has 0 unspecified atom stereocenters. The van der Waals surface area contributed by atoms with E-state index >= 15 is 0 Å². The number of benzene rings is 3. The van der Waals surface area contributed by atoms with E-state index in [-0.39, 0.29) is 17.0 Å². The number of methoxy groups -OCH3 is 1. The molecule has 0 N–H and O–H groups in total. The highest BCUT2D eigenvalue weighted by molar-refractivity contribution is 6.09. The summed E-state index contributed by atoms with van der Waals surface area (Å²) in [7, 11) is 1.24. The largest absolute Gasteiger partial charge is 0.465 e. The lowest BCUT2D eigenvalue weighted by atomic mass is 10.1. The molecule has 148 valence electrons. The van der Waals surface area contributed by atoms with Crippen molar-refractivity contribution in [2.24, 2.45) is 0 Å². The molecule has 30 heavy (non-hydrogen) atoms. The Morgan fingerprint density at radius 1 is 0.767 bits per heavy atom. The number of ether oxygens (including phenoxy) is 2. The lowest BCUT2D eigenvalue weighted by Crippen LogP contribution is -2.18. The molecule has 0 saturated heterocycles. The molecule has 7 nitrogen and oxygen atoms in total. The molecule has 0 aliphatic heterocycles. The van der Waals surface area contributed by atoms with Crippen molar-refractivity contribution < 1.29 is 23.9 Å². The zero-order chi connectivity index (χ0) is 21.1. The molecule has 4 rings (SSSR count). The quantitative estimate of drug-likeness (QED) is 0.485.